The van der Waals surface area contributed by atoms with Crippen molar-refractivity contribution < 1.29 is 9.53 Å². The number of carbonyl (C=O) groups is 1. The Morgan fingerprint density at radius 1 is 1.29 bits per heavy atom. The SMILES string of the molecule is CCOC(=O)/C=C1/C=C(CC(CC)CCCC(C)CC)C1. The molecule has 0 fully saturated rings. The fraction of sp³-hybridized carbons (Fsp3) is 0.737. The van der Waals surface area contributed by atoms with Crippen LogP contribution in [0, 0.1) is 11.8 Å². The van der Waals surface area contributed by atoms with Crippen molar-refractivity contribution in [3.8, 4) is 0 Å². The highest BCUT2D eigenvalue weighted by atomic mass is 16.5. The average Bonchev–Trinajstić information content (AvgIpc) is 2.43. The molecule has 0 aromatic heterocycles. The van der Waals surface area contributed by atoms with Crippen LogP contribution in [0.15, 0.2) is 23.3 Å². The van der Waals surface area contributed by atoms with Crippen LogP contribution in [0.4, 0.5) is 0 Å². The molecule has 0 N–H and O–H groups in total. The summed E-state index contributed by atoms with van der Waals surface area (Å²) in [6.45, 7) is 9.21. The van der Waals surface area contributed by atoms with Crippen LogP contribution in [-0.4, -0.2) is 12.6 Å². The molecule has 120 valence electrons. The highest BCUT2D eigenvalue weighted by Crippen LogP contribution is 2.33. The molecule has 1 rings (SSSR count). The van der Waals surface area contributed by atoms with Crippen molar-refractivity contribution in [1.29, 1.82) is 0 Å². The van der Waals surface area contributed by atoms with Crippen LogP contribution in [-0.2, 0) is 9.53 Å². The third-order valence-electron chi connectivity index (χ3n) is 4.54. The number of esters is 1. The molecule has 1 aliphatic carbocycles. The number of hydrogen-bond donors (Lipinski definition) is 0. The van der Waals surface area contributed by atoms with Crippen LogP contribution in [0.25, 0.3) is 0 Å². The molecule has 0 aliphatic heterocycles. The minimum atomic E-state index is -0.205. The van der Waals surface area contributed by atoms with Gasteiger partial charge in [0.05, 0.1) is 6.61 Å². The standard InChI is InChI=1S/C19H32O2/c1-5-15(4)9-8-10-16(6-2)11-17-12-18(13-17)14-19(20)21-7-3/h12,14-16H,5-11,13H2,1-4H3/b18-14-. The number of ether oxygens (including phenoxy) is 1. The molecule has 0 saturated heterocycles. The third kappa shape index (κ3) is 6.97. The summed E-state index contributed by atoms with van der Waals surface area (Å²) in [6.07, 6.45) is 12.6. The van der Waals surface area contributed by atoms with E-state index in [-0.39, 0.29) is 5.97 Å². The van der Waals surface area contributed by atoms with Crippen LogP contribution in [0.3, 0.4) is 0 Å². The van der Waals surface area contributed by atoms with Gasteiger partial charge in [-0.25, -0.2) is 4.79 Å². The van der Waals surface area contributed by atoms with Gasteiger partial charge in [0.25, 0.3) is 0 Å². The average molecular weight is 292 g/mol. The largest absolute Gasteiger partial charge is 0.463 e. The Morgan fingerprint density at radius 3 is 2.57 bits per heavy atom. The number of allylic oxidation sites excluding steroid dienone is 3. The maximum Gasteiger partial charge on any atom is 0.331 e. The van der Waals surface area contributed by atoms with Gasteiger partial charge in [0.15, 0.2) is 0 Å². The maximum atomic E-state index is 11.3. The first-order valence-corrected chi connectivity index (χ1v) is 8.65. The smallest absolute Gasteiger partial charge is 0.331 e. The lowest BCUT2D eigenvalue weighted by Gasteiger charge is -2.23. The molecule has 2 heteroatoms. The molecule has 0 bridgehead atoms. The lowest BCUT2D eigenvalue weighted by Crippen LogP contribution is -2.09. The molecule has 0 amide bonds. The van der Waals surface area contributed by atoms with Crippen molar-refractivity contribution in [2.75, 3.05) is 6.61 Å². The van der Waals surface area contributed by atoms with E-state index < -0.39 is 0 Å². The third-order valence-corrected chi connectivity index (χ3v) is 4.54. The topological polar surface area (TPSA) is 26.3 Å². The monoisotopic (exact) mass is 292 g/mol. The Morgan fingerprint density at radius 2 is 2.00 bits per heavy atom. The molecule has 2 unspecified atom stereocenters. The van der Waals surface area contributed by atoms with Gasteiger partial charge in [-0.1, -0.05) is 64.5 Å². The summed E-state index contributed by atoms with van der Waals surface area (Å²) in [6, 6.07) is 0. The van der Waals surface area contributed by atoms with E-state index in [1.807, 2.05) is 6.92 Å². The second kappa shape index (κ2) is 9.81. The van der Waals surface area contributed by atoms with Gasteiger partial charge in [0.1, 0.15) is 0 Å². The van der Waals surface area contributed by atoms with Gasteiger partial charge in [-0.15, -0.1) is 0 Å². The van der Waals surface area contributed by atoms with Gasteiger partial charge < -0.3 is 4.74 Å². The van der Waals surface area contributed by atoms with E-state index in [9.17, 15) is 4.79 Å². The van der Waals surface area contributed by atoms with E-state index in [2.05, 4.69) is 26.8 Å². The second-order valence-electron chi connectivity index (χ2n) is 6.37. The molecule has 2 atom stereocenters. The van der Waals surface area contributed by atoms with E-state index >= 15 is 0 Å². The van der Waals surface area contributed by atoms with Crippen molar-refractivity contribution in [3.05, 3.63) is 23.3 Å². The van der Waals surface area contributed by atoms with E-state index in [4.69, 9.17) is 4.74 Å². The van der Waals surface area contributed by atoms with Crippen LogP contribution in [0.5, 0.6) is 0 Å². The summed E-state index contributed by atoms with van der Waals surface area (Å²) < 4.78 is 4.93. The molecular formula is C19H32O2. The lowest BCUT2D eigenvalue weighted by molar-refractivity contribution is -0.137. The fourth-order valence-corrected chi connectivity index (χ4v) is 2.83. The number of rotatable bonds is 10. The van der Waals surface area contributed by atoms with Gasteiger partial charge in [-0.3, -0.25) is 0 Å². The van der Waals surface area contributed by atoms with Crippen molar-refractivity contribution in [3.63, 3.8) is 0 Å². The second-order valence-corrected chi connectivity index (χ2v) is 6.37. The summed E-state index contributed by atoms with van der Waals surface area (Å²) >= 11 is 0. The van der Waals surface area contributed by atoms with Crippen LogP contribution in [0.2, 0.25) is 0 Å². The summed E-state index contributed by atoms with van der Waals surface area (Å²) in [4.78, 5) is 11.3. The highest BCUT2D eigenvalue weighted by molar-refractivity contribution is 5.84. The van der Waals surface area contributed by atoms with Crippen molar-refractivity contribution in [1.82, 2.24) is 0 Å². The zero-order valence-corrected chi connectivity index (χ0v) is 14.3. The Bertz CT molecular complexity index is 379. The van der Waals surface area contributed by atoms with Crippen LogP contribution < -0.4 is 0 Å². The normalized spacial score (nSPS) is 18.9. The van der Waals surface area contributed by atoms with Gasteiger partial charge >= 0.3 is 5.97 Å². The van der Waals surface area contributed by atoms with E-state index in [0.717, 1.165) is 23.8 Å². The fourth-order valence-electron chi connectivity index (χ4n) is 2.83. The minimum Gasteiger partial charge on any atom is -0.463 e. The molecular weight excluding hydrogens is 260 g/mol. The van der Waals surface area contributed by atoms with E-state index in [1.165, 1.54) is 44.1 Å². The van der Waals surface area contributed by atoms with Gasteiger partial charge in [0, 0.05) is 6.08 Å². The zero-order chi connectivity index (χ0) is 15.7. The first-order valence-electron chi connectivity index (χ1n) is 8.65. The molecule has 0 saturated carbocycles. The van der Waals surface area contributed by atoms with Crippen molar-refractivity contribution in [2.45, 2.75) is 72.6 Å². The maximum absolute atomic E-state index is 11.3. The predicted octanol–water partition coefficient (Wildman–Crippen LogP) is 5.44. The Labute approximate surface area is 130 Å². The molecule has 0 aromatic carbocycles. The van der Waals surface area contributed by atoms with Crippen LogP contribution in [0.1, 0.15) is 72.6 Å². The number of hydrogen-bond acceptors (Lipinski definition) is 2. The molecule has 1 aliphatic rings. The zero-order valence-electron chi connectivity index (χ0n) is 14.3. The van der Waals surface area contributed by atoms with E-state index in [0.29, 0.717) is 6.61 Å². The van der Waals surface area contributed by atoms with Gasteiger partial charge in [0.2, 0.25) is 0 Å². The summed E-state index contributed by atoms with van der Waals surface area (Å²) in [7, 11) is 0. The highest BCUT2D eigenvalue weighted by Gasteiger charge is 2.17. The van der Waals surface area contributed by atoms with Crippen LogP contribution >= 0.6 is 0 Å². The molecule has 0 spiro atoms. The quantitative estimate of drug-likeness (QED) is 0.396. The van der Waals surface area contributed by atoms with E-state index in [1.54, 1.807) is 6.08 Å². The molecule has 0 heterocycles. The Hall–Kier alpha value is -1.05. The summed E-state index contributed by atoms with van der Waals surface area (Å²) in [5, 5.41) is 0. The minimum absolute atomic E-state index is 0.205. The molecule has 21 heavy (non-hydrogen) atoms. The van der Waals surface area contributed by atoms with Gasteiger partial charge in [-0.2, -0.15) is 0 Å². The lowest BCUT2D eigenvalue weighted by atomic mass is 9.82. The predicted molar refractivity (Wildman–Crippen MR) is 89.1 cm³/mol. The summed E-state index contributed by atoms with van der Waals surface area (Å²) in [5.41, 5.74) is 2.62. The Kier molecular flexibility index (Phi) is 8.41. The molecule has 2 nitrogen and oxygen atoms in total. The molecule has 0 aromatic rings. The first-order chi connectivity index (χ1) is 10.1. The first kappa shape index (κ1) is 18.0. The van der Waals surface area contributed by atoms with Crippen molar-refractivity contribution in [2.24, 2.45) is 11.8 Å². The van der Waals surface area contributed by atoms with Gasteiger partial charge in [-0.05, 0) is 37.2 Å². The molecule has 0 radical (unpaired) electrons. The number of carbonyl (C=O) groups excluding carboxylic acids is 1. The van der Waals surface area contributed by atoms with Crippen molar-refractivity contribution >= 4 is 5.97 Å². The Balaban J connectivity index is 2.31. The summed E-state index contributed by atoms with van der Waals surface area (Å²) in [5.74, 6) is 1.47.